The Hall–Kier alpha value is -6.09. The molecule has 0 aliphatic carbocycles. The van der Waals surface area contributed by atoms with Crippen molar-refractivity contribution in [1.82, 2.24) is 47.9 Å². The lowest BCUT2D eigenvalue weighted by atomic mass is 10.3. The number of rotatable bonds is 36. The average molecular weight is 968 g/mol. The molecule has 0 spiro atoms. The molecule has 27 nitrogen and oxygen atoms in total. The first-order valence-electron chi connectivity index (χ1n) is 22.4. The van der Waals surface area contributed by atoms with E-state index in [1.54, 1.807) is 41.5 Å². The Kier molecular flexibility index (Phi) is 36.6. The van der Waals surface area contributed by atoms with Crippen LogP contribution in [-0.2, 0) is 57.0 Å². The standard InChI is InChI=1S/C40H73N9O18/c1-7-41-35(53)62-22-28(23-63-36(54)42-8-2)59-19-13-16-31(50)47-34(48-32(51)17-14-20-60-29(24-64-37(55)43-9-3)25-65-38(56)44-10-4)49-33(52)18-15-21-61-30(26-66-39(57)45-11-5)27-67-40(58)46-12-6/h28-30,34H,7-27H2,1-6H3,(H,41,53)(H,42,54)(H,43,55)(H,44,56)(H,45,57)(H,46,58)(H,47,50)(H,48,51)(H,49,52). The smallest absolute Gasteiger partial charge is 0.407 e. The molecular formula is C40H73N9O18. The average Bonchev–Trinajstić information content (AvgIpc) is 3.27. The van der Waals surface area contributed by atoms with Crippen molar-refractivity contribution < 1.29 is 85.8 Å². The van der Waals surface area contributed by atoms with Crippen LogP contribution in [-0.4, -0.2) is 178 Å². The van der Waals surface area contributed by atoms with Crippen molar-refractivity contribution in [2.75, 3.05) is 98.7 Å². The van der Waals surface area contributed by atoms with Gasteiger partial charge < -0.3 is 90.5 Å². The molecule has 0 radical (unpaired) electrons. The number of alkyl carbamates (subject to hydrolysis) is 6. The first-order valence-corrected chi connectivity index (χ1v) is 22.4. The van der Waals surface area contributed by atoms with Gasteiger partial charge in [0.15, 0.2) is 6.29 Å². The lowest BCUT2D eigenvalue weighted by Gasteiger charge is -2.22. The molecule has 27 heteroatoms. The molecule has 0 aliphatic rings. The Morgan fingerprint density at radius 2 is 0.522 bits per heavy atom. The van der Waals surface area contributed by atoms with E-state index >= 15 is 0 Å². The summed E-state index contributed by atoms with van der Waals surface area (Å²) in [5.74, 6) is -1.80. The summed E-state index contributed by atoms with van der Waals surface area (Å²) in [6.07, 6.45) is -8.25. The molecule has 0 saturated heterocycles. The van der Waals surface area contributed by atoms with Crippen LogP contribution >= 0.6 is 0 Å². The van der Waals surface area contributed by atoms with Gasteiger partial charge in [-0.2, -0.15) is 0 Å². The molecule has 0 bridgehead atoms. The second kappa shape index (κ2) is 40.2. The van der Waals surface area contributed by atoms with E-state index in [0.717, 1.165) is 0 Å². The van der Waals surface area contributed by atoms with E-state index in [1.165, 1.54) is 0 Å². The summed E-state index contributed by atoms with van der Waals surface area (Å²) in [7, 11) is 0. The zero-order valence-electron chi connectivity index (χ0n) is 39.5. The largest absolute Gasteiger partial charge is 0.447 e. The summed E-state index contributed by atoms with van der Waals surface area (Å²) in [5, 5.41) is 22.5. The van der Waals surface area contributed by atoms with E-state index in [0.29, 0.717) is 39.3 Å². The third kappa shape index (κ3) is 35.8. The van der Waals surface area contributed by atoms with E-state index < -0.39 is 78.9 Å². The van der Waals surface area contributed by atoms with E-state index in [2.05, 4.69) is 47.9 Å². The molecular weight excluding hydrogens is 894 g/mol. The molecule has 0 saturated carbocycles. The van der Waals surface area contributed by atoms with Crippen molar-refractivity contribution in [1.29, 1.82) is 0 Å². The monoisotopic (exact) mass is 968 g/mol. The number of carbonyl (C=O) groups excluding carboxylic acids is 9. The third-order valence-electron chi connectivity index (χ3n) is 7.95. The maximum atomic E-state index is 13.1. The first-order chi connectivity index (χ1) is 32.2. The van der Waals surface area contributed by atoms with E-state index in [-0.39, 0.29) is 98.0 Å². The van der Waals surface area contributed by atoms with Crippen molar-refractivity contribution >= 4 is 54.3 Å². The molecule has 0 aromatic heterocycles. The maximum absolute atomic E-state index is 13.1. The van der Waals surface area contributed by atoms with Crippen molar-refractivity contribution in [3.05, 3.63) is 0 Å². The number of nitrogens with one attached hydrogen (secondary N) is 9. The molecule has 0 aromatic carbocycles. The molecule has 0 atom stereocenters. The molecule has 386 valence electrons. The van der Waals surface area contributed by atoms with Crippen LogP contribution in [0.3, 0.4) is 0 Å². The fraction of sp³-hybridized carbons (Fsp3) is 0.775. The van der Waals surface area contributed by atoms with Crippen LogP contribution in [0.25, 0.3) is 0 Å². The van der Waals surface area contributed by atoms with E-state index in [9.17, 15) is 43.2 Å². The van der Waals surface area contributed by atoms with Crippen LogP contribution in [0.4, 0.5) is 28.8 Å². The van der Waals surface area contributed by atoms with Gasteiger partial charge in [0, 0.05) is 78.4 Å². The van der Waals surface area contributed by atoms with Gasteiger partial charge in [0.25, 0.3) is 0 Å². The highest BCUT2D eigenvalue weighted by atomic mass is 16.6. The molecule has 67 heavy (non-hydrogen) atoms. The van der Waals surface area contributed by atoms with Gasteiger partial charge in [0.2, 0.25) is 17.7 Å². The molecule has 0 fully saturated rings. The molecule has 0 unspecified atom stereocenters. The fourth-order valence-corrected chi connectivity index (χ4v) is 4.87. The highest BCUT2D eigenvalue weighted by molar-refractivity contribution is 5.82. The molecule has 0 aromatic rings. The highest BCUT2D eigenvalue weighted by Gasteiger charge is 2.21. The first kappa shape index (κ1) is 60.9. The zero-order chi connectivity index (χ0) is 50.1. The van der Waals surface area contributed by atoms with Gasteiger partial charge in [0.1, 0.15) is 58.0 Å². The Balaban J connectivity index is 5.61. The van der Waals surface area contributed by atoms with E-state index in [4.69, 9.17) is 42.6 Å². The number of hydrogen-bond donors (Lipinski definition) is 9. The van der Waals surface area contributed by atoms with Gasteiger partial charge in [-0.3, -0.25) is 14.4 Å². The zero-order valence-corrected chi connectivity index (χ0v) is 39.5. The fourth-order valence-electron chi connectivity index (χ4n) is 4.87. The minimum absolute atomic E-state index is 0.0355. The molecule has 0 aliphatic heterocycles. The number of amides is 9. The summed E-state index contributed by atoms with van der Waals surface area (Å²) in [6, 6.07) is 0. The third-order valence-corrected chi connectivity index (χ3v) is 7.95. The summed E-state index contributed by atoms with van der Waals surface area (Å²) < 4.78 is 47.8. The Morgan fingerprint density at radius 3 is 0.701 bits per heavy atom. The normalized spacial score (nSPS) is 10.7. The molecule has 9 amide bonds. The van der Waals surface area contributed by atoms with Gasteiger partial charge in [-0.25, -0.2) is 28.8 Å². The molecule has 9 N–H and O–H groups in total. The van der Waals surface area contributed by atoms with Crippen LogP contribution in [0.15, 0.2) is 0 Å². The van der Waals surface area contributed by atoms with Crippen LogP contribution in [0.1, 0.15) is 80.1 Å². The van der Waals surface area contributed by atoms with Gasteiger partial charge in [-0.1, -0.05) is 0 Å². The van der Waals surface area contributed by atoms with Crippen molar-refractivity contribution in [3.63, 3.8) is 0 Å². The van der Waals surface area contributed by atoms with Gasteiger partial charge in [-0.15, -0.1) is 0 Å². The lowest BCUT2D eigenvalue weighted by Crippen LogP contribution is -2.58. The number of ether oxygens (including phenoxy) is 9. The van der Waals surface area contributed by atoms with Crippen LogP contribution < -0.4 is 47.9 Å². The van der Waals surface area contributed by atoms with Crippen molar-refractivity contribution in [2.45, 2.75) is 105 Å². The molecule has 0 heterocycles. The predicted octanol–water partition coefficient (Wildman–Crippen LogP) is 0.591. The number of hydrogen-bond acceptors (Lipinski definition) is 18. The van der Waals surface area contributed by atoms with Gasteiger partial charge in [-0.05, 0) is 60.8 Å². The Labute approximate surface area is 390 Å². The predicted molar refractivity (Wildman–Crippen MR) is 235 cm³/mol. The van der Waals surface area contributed by atoms with Gasteiger partial charge >= 0.3 is 36.6 Å². The van der Waals surface area contributed by atoms with Crippen LogP contribution in [0.5, 0.6) is 0 Å². The second-order valence-electron chi connectivity index (χ2n) is 13.7. The minimum Gasteiger partial charge on any atom is -0.447 e. The molecule has 0 rings (SSSR count). The summed E-state index contributed by atoms with van der Waals surface area (Å²) in [4.78, 5) is 110. The van der Waals surface area contributed by atoms with Gasteiger partial charge in [0.05, 0.1) is 0 Å². The van der Waals surface area contributed by atoms with Crippen LogP contribution in [0, 0.1) is 0 Å². The summed E-state index contributed by atoms with van der Waals surface area (Å²) >= 11 is 0. The van der Waals surface area contributed by atoms with Crippen molar-refractivity contribution in [3.8, 4) is 0 Å². The topological polar surface area (TPSA) is 345 Å². The minimum atomic E-state index is -1.38. The van der Waals surface area contributed by atoms with Crippen molar-refractivity contribution in [2.24, 2.45) is 0 Å². The number of carbonyl (C=O) groups is 9. The maximum Gasteiger partial charge on any atom is 0.407 e. The van der Waals surface area contributed by atoms with Crippen LogP contribution in [0.2, 0.25) is 0 Å². The SMILES string of the molecule is CCNC(=O)OCC(COC(=O)NCC)OCCCC(=O)NC(NC(=O)CCCOC(COC(=O)NCC)COC(=O)NCC)NC(=O)CCCOC(COC(=O)NCC)COC(=O)NCC. The Bertz CT molecular complexity index is 1230. The second-order valence-corrected chi connectivity index (χ2v) is 13.7. The Morgan fingerprint density at radius 1 is 0.328 bits per heavy atom. The van der Waals surface area contributed by atoms with E-state index in [1.807, 2.05) is 0 Å². The summed E-state index contributed by atoms with van der Waals surface area (Å²) in [6.45, 7) is 10.5. The lowest BCUT2D eigenvalue weighted by molar-refractivity contribution is -0.127. The highest BCUT2D eigenvalue weighted by Crippen LogP contribution is 2.04. The quantitative estimate of drug-likeness (QED) is 0.0236. The summed E-state index contributed by atoms with van der Waals surface area (Å²) in [5.41, 5.74) is 0.